The lowest BCUT2D eigenvalue weighted by Gasteiger charge is -2.34. The molecule has 0 aliphatic carbocycles. The molecule has 2 aromatic carbocycles. The fraction of sp³-hybridized carbons (Fsp3) is 0.304. The van der Waals surface area contributed by atoms with Gasteiger partial charge in [0.25, 0.3) is 5.91 Å². The van der Waals surface area contributed by atoms with Crippen molar-refractivity contribution in [1.29, 1.82) is 0 Å². The van der Waals surface area contributed by atoms with Gasteiger partial charge in [0.1, 0.15) is 0 Å². The minimum absolute atomic E-state index is 0.0929. The van der Waals surface area contributed by atoms with Gasteiger partial charge in [0.05, 0.1) is 17.1 Å². The van der Waals surface area contributed by atoms with E-state index in [2.05, 4.69) is 10.3 Å². The van der Waals surface area contributed by atoms with Gasteiger partial charge in [-0.2, -0.15) is 4.31 Å². The lowest BCUT2D eigenvalue weighted by molar-refractivity contribution is -0.0440. The molecule has 7 nitrogen and oxygen atoms in total. The number of hydrogen-bond donors (Lipinski definition) is 1. The Hall–Kier alpha value is -2.59. The van der Waals surface area contributed by atoms with Gasteiger partial charge in [0.2, 0.25) is 10.0 Å². The SMILES string of the molecule is CC1CN(S(=O)(=O)c2cccc(C(=O)Nc3ncc(Cc4ccccc4)s3)c2)CC(C)O1. The highest BCUT2D eigenvalue weighted by Gasteiger charge is 2.32. The highest BCUT2D eigenvalue weighted by molar-refractivity contribution is 7.89. The average molecular weight is 472 g/mol. The summed E-state index contributed by atoms with van der Waals surface area (Å²) >= 11 is 1.40. The largest absolute Gasteiger partial charge is 0.373 e. The first kappa shape index (κ1) is 22.6. The monoisotopic (exact) mass is 471 g/mol. The van der Waals surface area contributed by atoms with Crippen LogP contribution in [0, 0.1) is 0 Å². The maximum atomic E-state index is 13.1. The summed E-state index contributed by atoms with van der Waals surface area (Å²) < 4.78 is 33.3. The van der Waals surface area contributed by atoms with Crippen LogP contribution in [-0.2, 0) is 21.2 Å². The van der Waals surface area contributed by atoms with E-state index in [-0.39, 0.29) is 35.8 Å². The van der Waals surface area contributed by atoms with E-state index < -0.39 is 15.9 Å². The fourth-order valence-corrected chi connectivity index (χ4v) is 6.17. The molecule has 1 N–H and O–H groups in total. The van der Waals surface area contributed by atoms with Gasteiger partial charge in [-0.05, 0) is 37.6 Å². The normalized spacial score (nSPS) is 19.6. The Labute approximate surface area is 192 Å². The molecule has 2 heterocycles. The zero-order valence-electron chi connectivity index (χ0n) is 17.9. The first-order valence-corrected chi connectivity index (χ1v) is 12.6. The first-order chi connectivity index (χ1) is 15.3. The van der Waals surface area contributed by atoms with Gasteiger partial charge in [-0.15, -0.1) is 11.3 Å². The zero-order chi connectivity index (χ0) is 22.7. The number of ether oxygens (including phenoxy) is 1. The predicted molar refractivity (Wildman–Crippen MR) is 125 cm³/mol. The molecule has 4 rings (SSSR count). The second-order valence-electron chi connectivity index (χ2n) is 7.86. The summed E-state index contributed by atoms with van der Waals surface area (Å²) in [5.41, 5.74) is 1.43. The molecule has 3 aromatic rings. The Morgan fingerprint density at radius 3 is 2.56 bits per heavy atom. The molecule has 168 valence electrons. The van der Waals surface area contributed by atoms with Crippen LogP contribution in [0.25, 0.3) is 0 Å². The third-order valence-corrected chi connectivity index (χ3v) is 7.86. The molecule has 1 aliphatic heterocycles. The Kier molecular flexibility index (Phi) is 6.71. The van der Waals surface area contributed by atoms with E-state index in [1.807, 2.05) is 44.2 Å². The summed E-state index contributed by atoms with van der Waals surface area (Å²) in [7, 11) is -3.73. The maximum Gasteiger partial charge on any atom is 0.257 e. The van der Waals surface area contributed by atoms with Crippen LogP contribution < -0.4 is 5.32 Å². The first-order valence-electron chi connectivity index (χ1n) is 10.4. The number of thiazole rings is 1. The number of anilines is 1. The van der Waals surface area contributed by atoms with Gasteiger partial charge in [0.15, 0.2) is 5.13 Å². The maximum absolute atomic E-state index is 13.1. The lowest BCUT2D eigenvalue weighted by Crippen LogP contribution is -2.48. The number of nitrogens with one attached hydrogen (secondary N) is 1. The summed E-state index contributed by atoms with van der Waals surface area (Å²) in [6, 6.07) is 16.1. The number of morpholine rings is 1. The van der Waals surface area contributed by atoms with Crippen LogP contribution in [0.4, 0.5) is 5.13 Å². The summed E-state index contributed by atoms with van der Waals surface area (Å²) in [6.45, 7) is 4.27. The predicted octanol–water partition coefficient (Wildman–Crippen LogP) is 3.78. The number of nitrogens with zero attached hydrogens (tertiary/aromatic N) is 2. The van der Waals surface area contributed by atoms with Crippen molar-refractivity contribution in [3.05, 3.63) is 76.8 Å². The van der Waals surface area contributed by atoms with Crippen molar-refractivity contribution < 1.29 is 17.9 Å². The van der Waals surface area contributed by atoms with Gasteiger partial charge in [-0.3, -0.25) is 10.1 Å². The molecule has 32 heavy (non-hydrogen) atoms. The van der Waals surface area contributed by atoms with Crippen LogP contribution in [0.3, 0.4) is 0 Å². The molecule has 1 fully saturated rings. The lowest BCUT2D eigenvalue weighted by atomic mass is 10.1. The van der Waals surface area contributed by atoms with Gasteiger partial charge >= 0.3 is 0 Å². The van der Waals surface area contributed by atoms with Crippen molar-refractivity contribution >= 4 is 32.4 Å². The smallest absolute Gasteiger partial charge is 0.257 e. The highest BCUT2D eigenvalue weighted by Crippen LogP contribution is 2.24. The molecule has 0 radical (unpaired) electrons. The molecule has 1 aliphatic rings. The quantitative estimate of drug-likeness (QED) is 0.591. The number of carbonyl (C=O) groups excluding carboxylic acids is 1. The molecule has 2 atom stereocenters. The van der Waals surface area contributed by atoms with E-state index in [4.69, 9.17) is 4.74 Å². The summed E-state index contributed by atoms with van der Waals surface area (Å²) in [5, 5.41) is 3.25. The van der Waals surface area contributed by atoms with Crippen molar-refractivity contribution in [3.63, 3.8) is 0 Å². The van der Waals surface area contributed by atoms with Crippen molar-refractivity contribution in [3.8, 4) is 0 Å². The second-order valence-corrected chi connectivity index (χ2v) is 10.9. The molecular weight excluding hydrogens is 446 g/mol. The van der Waals surface area contributed by atoms with Crippen molar-refractivity contribution in [2.75, 3.05) is 18.4 Å². The molecule has 9 heteroatoms. The summed E-state index contributed by atoms with van der Waals surface area (Å²) in [4.78, 5) is 18.2. The number of hydrogen-bond acceptors (Lipinski definition) is 6. The standard InChI is InChI=1S/C23H25N3O4S2/c1-16-14-26(15-17(2)30-16)32(28,29)21-10-6-9-19(12-21)22(27)25-23-24-13-20(31-23)11-18-7-4-3-5-8-18/h3-10,12-13,16-17H,11,14-15H2,1-2H3,(H,24,25,27). The number of sulfonamides is 1. The van der Waals surface area contributed by atoms with E-state index >= 15 is 0 Å². The molecule has 0 bridgehead atoms. The van der Waals surface area contributed by atoms with Crippen LogP contribution in [0.1, 0.15) is 34.6 Å². The van der Waals surface area contributed by atoms with Crippen molar-refractivity contribution in [2.45, 2.75) is 37.4 Å². The van der Waals surface area contributed by atoms with E-state index in [1.165, 1.54) is 33.3 Å². The molecule has 1 saturated heterocycles. The Morgan fingerprint density at radius 1 is 1.12 bits per heavy atom. The summed E-state index contributed by atoms with van der Waals surface area (Å²) in [5.74, 6) is -0.397. The van der Waals surface area contributed by atoms with Gasteiger partial charge in [0, 0.05) is 36.1 Å². The average Bonchev–Trinajstić information content (AvgIpc) is 3.20. The van der Waals surface area contributed by atoms with Crippen LogP contribution >= 0.6 is 11.3 Å². The fourth-order valence-electron chi connectivity index (χ4n) is 3.69. The van der Waals surface area contributed by atoms with Gasteiger partial charge in [-0.1, -0.05) is 36.4 Å². The molecule has 1 amide bonds. The molecule has 0 spiro atoms. The van der Waals surface area contributed by atoms with Crippen LogP contribution in [0.5, 0.6) is 0 Å². The van der Waals surface area contributed by atoms with E-state index in [1.54, 1.807) is 18.3 Å². The summed E-state index contributed by atoms with van der Waals surface area (Å²) in [6.07, 6.45) is 2.11. The number of amides is 1. The third kappa shape index (κ3) is 5.24. The Bertz CT molecular complexity index is 1180. The zero-order valence-corrected chi connectivity index (χ0v) is 19.5. The molecule has 2 unspecified atom stereocenters. The van der Waals surface area contributed by atoms with Crippen molar-refractivity contribution in [1.82, 2.24) is 9.29 Å². The molecular formula is C23H25N3O4S2. The molecule has 0 saturated carbocycles. The van der Waals surface area contributed by atoms with Gasteiger partial charge < -0.3 is 4.74 Å². The Morgan fingerprint density at radius 2 is 1.84 bits per heavy atom. The number of aromatic nitrogens is 1. The Balaban J connectivity index is 1.47. The third-order valence-electron chi connectivity index (χ3n) is 5.12. The second kappa shape index (κ2) is 9.50. The van der Waals surface area contributed by atoms with Crippen molar-refractivity contribution in [2.24, 2.45) is 0 Å². The van der Waals surface area contributed by atoms with Crippen LogP contribution in [0.15, 0.2) is 65.7 Å². The number of benzene rings is 2. The topological polar surface area (TPSA) is 88.6 Å². The van der Waals surface area contributed by atoms with E-state index in [0.717, 1.165) is 11.3 Å². The number of carbonyl (C=O) groups is 1. The molecule has 1 aromatic heterocycles. The van der Waals surface area contributed by atoms with Gasteiger partial charge in [-0.25, -0.2) is 13.4 Å². The highest BCUT2D eigenvalue weighted by atomic mass is 32.2. The van der Waals surface area contributed by atoms with E-state index in [9.17, 15) is 13.2 Å². The van der Waals surface area contributed by atoms with Crippen LogP contribution in [0.2, 0.25) is 0 Å². The number of rotatable bonds is 6. The minimum atomic E-state index is -3.73. The van der Waals surface area contributed by atoms with Crippen LogP contribution in [-0.4, -0.2) is 48.9 Å². The van der Waals surface area contributed by atoms with E-state index in [0.29, 0.717) is 5.13 Å². The minimum Gasteiger partial charge on any atom is -0.373 e.